The molecule has 2 aromatic heterocycles. The molecule has 0 amide bonds. The quantitative estimate of drug-likeness (QED) is 0.656. The number of aryl methyl sites for hydroxylation is 1. The molecule has 0 aliphatic carbocycles. The summed E-state index contributed by atoms with van der Waals surface area (Å²) < 4.78 is 28.0. The van der Waals surface area contributed by atoms with E-state index in [-0.39, 0.29) is 22.1 Å². The number of aromatic nitrogens is 2. The first kappa shape index (κ1) is 20.0. The van der Waals surface area contributed by atoms with Crippen LogP contribution in [0.5, 0.6) is 0 Å². The molecular formula is C20H18ClN3O3S. The molecule has 1 N–H and O–H groups in total. The first-order valence-corrected chi connectivity index (χ1v) is 10.3. The van der Waals surface area contributed by atoms with E-state index in [1.54, 1.807) is 49.6 Å². The van der Waals surface area contributed by atoms with Crippen LogP contribution in [0.3, 0.4) is 0 Å². The number of hydrogen-bond donors (Lipinski definition) is 1. The lowest BCUT2D eigenvalue weighted by Gasteiger charge is -2.13. The molecule has 1 aromatic carbocycles. The van der Waals surface area contributed by atoms with Crippen LogP contribution in [0, 0.1) is 6.92 Å². The topological polar surface area (TPSA) is 89.0 Å². The van der Waals surface area contributed by atoms with E-state index in [2.05, 4.69) is 14.7 Å². The molecule has 0 atom stereocenters. The minimum Gasteiger partial charge on any atom is -0.300 e. The van der Waals surface area contributed by atoms with Gasteiger partial charge >= 0.3 is 0 Å². The Bertz CT molecular complexity index is 1150. The zero-order valence-corrected chi connectivity index (χ0v) is 16.9. The van der Waals surface area contributed by atoms with Crippen LogP contribution < -0.4 is 4.72 Å². The highest BCUT2D eigenvalue weighted by molar-refractivity contribution is 7.92. The Balaban J connectivity index is 1.97. The van der Waals surface area contributed by atoms with Crippen molar-refractivity contribution in [3.05, 3.63) is 71.3 Å². The first-order chi connectivity index (χ1) is 13.3. The molecule has 0 aliphatic rings. The molecule has 6 nitrogen and oxygen atoms in total. The Morgan fingerprint density at radius 3 is 2.57 bits per heavy atom. The number of Topliss-reactive ketones (excluding diaryl/α,β-unsaturated/α-hetero) is 1. The van der Waals surface area contributed by atoms with E-state index < -0.39 is 10.0 Å². The molecule has 0 saturated carbocycles. The third kappa shape index (κ3) is 4.55. The highest BCUT2D eigenvalue weighted by atomic mass is 35.5. The molecule has 144 valence electrons. The SMILES string of the molecule is CC(=O)Cc1cc(-c2cnc(C)c(NS(=O)(=O)c3ccccc3Cl)c2)ccn1. The summed E-state index contributed by atoms with van der Waals surface area (Å²) in [6.07, 6.45) is 3.50. The van der Waals surface area contributed by atoms with Crippen LogP contribution >= 0.6 is 11.6 Å². The maximum atomic E-state index is 12.7. The summed E-state index contributed by atoms with van der Waals surface area (Å²) in [7, 11) is -3.87. The summed E-state index contributed by atoms with van der Waals surface area (Å²) in [6, 6.07) is 11.5. The van der Waals surface area contributed by atoms with Crippen molar-refractivity contribution in [3.63, 3.8) is 0 Å². The monoisotopic (exact) mass is 415 g/mol. The number of carbonyl (C=O) groups excluding carboxylic acids is 1. The predicted molar refractivity (Wildman–Crippen MR) is 109 cm³/mol. The number of sulfonamides is 1. The highest BCUT2D eigenvalue weighted by Crippen LogP contribution is 2.28. The third-order valence-corrected chi connectivity index (χ3v) is 5.90. The number of carbonyl (C=O) groups is 1. The van der Waals surface area contributed by atoms with Gasteiger partial charge in [0.25, 0.3) is 10.0 Å². The molecule has 0 bridgehead atoms. The minimum atomic E-state index is -3.87. The largest absolute Gasteiger partial charge is 0.300 e. The third-order valence-electron chi connectivity index (χ3n) is 4.04. The molecule has 8 heteroatoms. The van der Waals surface area contributed by atoms with E-state index in [0.717, 1.165) is 5.56 Å². The summed E-state index contributed by atoms with van der Waals surface area (Å²) in [4.78, 5) is 19.8. The van der Waals surface area contributed by atoms with Crippen molar-refractivity contribution in [2.24, 2.45) is 0 Å². The fourth-order valence-corrected chi connectivity index (χ4v) is 4.30. The highest BCUT2D eigenvalue weighted by Gasteiger charge is 2.19. The van der Waals surface area contributed by atoms with Gasteiger partial charge in [-0.3, -0.25) is 19.5 Å². The zero-order valence-electron chi connectivity index (χ0n) is 15.3. The van der Waals surface area contributed by atoms with Crippen LogP contribution in [0.2, 0.25) is 5.02 Å². The summed E-state index contributed by atoms with van der Waals surface area (Å²) in [6.45, 7) is 3.21. The average Bonchev–Trinajstić information content (AvgIpc) is 2.63. The lowest BCUT2D eigenvalue weighted by Crippen LogP contribution is -2.14. The number of halogens is 1. The second kappa shape index (κ2) is 8.08. The molecule has 0 radical (unpaired) electrons. The summed E-state index contributed by atoms with van der Waals surface area (Å²) in [5, 5.41) is 0.139. The number of benzene rings is 1. The van der Waals surface area contributed by atoms with Crippen molar-refractivity contribution in [3.8, 4) is 11.1 Å². The van der Waals surface area contributed by atoms with Gasteiger partial charge in [-0.25, -0.2) is 8.42 Å². The van der Waals surface area contributed by atoms with Crippen LogP contribution in [0.1, 0.15) is 18.3 Å². The van der Waals surface area contributed by atoms with Crippen molar-refractivity contribution >= 4 is 33.1 Å². The molecule has 0 fully saturated rings. The van der Waals surface area contributed by atoms with Gasteiger partial charge in [0.1, 0.15) is 10.7 Å². The minimum absolute atomic E-state index is 0.00544. The molecule has 0 spiro atoms. The van der Waals surface area contributed by atoms with E-state index in [9.17, 15) is 13.2 Å². The Labute approximate surface area is 168 Å². The van der Waals surface area contributed by atoms with Crippen LogP contribution in [0.25, 0.3) is 11.1 Å². The van der Waals surface area contributed by atoms with E-state index >= 15 is 0 Å². The fourth-order valence-electron chi connectivity index (χ4n) is 2.67. The Hall–Kier alpha value is -2.77. The second-order valence-electron chi connectivity index (χ2n) is 6.31. The van der Waals surface area contributed by atoms with Gasteiger partial charge in [0.15, 0.2) is 0 Å². The van der Waals surface area contributed by atoms with Gasteiger partial charge in [-0.1, -0.05) is 23.7 Å². The van der Waals surface area contributed by atoms with Crippen molar-refractivity contribution in [1.82, 2.24) is 9.97 Å². The Kier molecular flexibility index (Phi) is 5.76. The van der Waals surface area contributed by atoms with E-state index in [0.29, 0.717) is 22.6 Å². The van der Waals surface area contributed by atoms with Gasteiger partial charge in [-0.2, -0.15) is 0 Å². The summed E-state index contributed by atoms with van der Waals surface area (Å²) >= 11 is 6.03. The number of pyridine rings is 2. The molecule has 0 saturated heterocycles. The Morgan fingerprint density at radius 2 is 1.86 bits per heavy atom. The number of hydrogen-bond acceptors (Lipinski definition) is 5. The molecule has 28 heavy (non-hydrogen) atoms. The van der Waals surface area contributed by atoms with E-state index in [4.69, 9.17) is 11.6 Å². The number of nitrogens with one attached hydrogen (secondary N) is 1. The number of nitrogens with zero attached hydrogens (tertiary/aromatic N) is 2. The number of rotatable bonds is 6. The number of anilines is 1. The average molecular weight is 416 g/mol. The van der Waals surface area contributed by atoms with Gasteiger partial charge in [0.05, 0.1) is 16.4 Å². The molecule has 0 aliphatic heterocycles. The standard InChI is InChI=1S/C20H18ClN3O3S/c1-13(25)9-17-10-15(7-8-22-17)16-11-19(14(2)23-12-16)24-28(26,27)20-6-4-3-5-18(20)21/h3-8,10-12,24H,9H2,1-2H3. The van der Waals surface area contributed by atoms with Crippen LogP contribution in [-0.2, 0) is 21.2 Å². The van der Waals surface area contributed by atoms with Crippen LogP contribution in [-0.4, -0.2) is 24.2 Å². The molecule has 0 unspecified atom stereocenters. The molecule has 3 aromatic rings. The maximum Gasteiger partial charge on any atom is 0.263 e. The van der Waals surface area contributed by atoms with Gasteiger partial charge in [-0.15, -0.1) is 0 Å². The van der Waals surface area contributed by atoms with Crippen molar-refractivity contribution in [1.29, 1.82) is 0 Å². The van der Waals surface area contributed by atoms with Crippen molar-refractivity contribution in [2.45, 2.75) is 25.2 Å². The second-order valence-corrected chi connectivity index (χ2v) is 8.37. The molecule has 2 heterocycles. The predicted octanol–water partition coefficient (Wildman–Crippen LogP) is 4.04. The van der Waals surface area contributed by atoms with Gasteiger partial charge in [0.2, 0.25) is 0 Å². The van der Waals surface area contributed by atoms with Gasteiger partial charge in [0, 0.05) is 30.1 Å². The molecule has 3 rings (SSSR count). The smallest absolute Gasteiger partial charge is 0.263 e. The van der Waals surface area contributed by atoms with Crippen molar-refractivity contribution in [2.75, 3.05) is 4.72 Å². The maximum absolute atomic E-state index is 12.7. The van der Waals surface area contributed by atoms with Gasteiger partial charge < -0.3 is 0 Å². The van der Waals surface area contributed by atoms with Gasteiger partial charge in [-0.05, 0) is 49.7 Å². The summed E-state index contributed by atoms with van der Waals surface area (Å²) in [5.41, 5.74) is 3.01. The lowest BCUT2D eigenvalue weighted by atomic mass is 10.1. The normalized spacial score (nSPS) is 11.2. The first-order valence-electron chi connectivity index (χ1n) is 8.45. The number of ketones is 1. The van der Waals surface area contributed by atoms with Crippen LogP contribution in [0.4, 0.5) is 5.69 Å². The van der Waals surface area contributed by atoms with Crippen LogP contribution in [0.15, 0.2) is 59.8 Å². The van der Waals surface area contributed by atoms with E-state index in [1.807, 2.05) is 0 Å². The molecular weight excluding hydrogens is 398 g/mol. The summed E-state index contributed by atoms with van der Waals surface area (Å²) in [5.74, 6) is 0.0138. The Morgan fingerprint density at radius 1 is 1.11 bits per heavy atom. The van der Waals surface area contributed by atoms with Crippen molar-refractivity contribution < 1.29 is 13.2 Å². The zero-order chi connectivity index (χ0) is 20.3. The lowest BCUT2D eigenvalue weighted by molar-refractivity contribution is -0.116. The fraction of sp³-hybridized carbons (Fsp3) is 0.150. The van der Waals surface area contributed by atoms with E-state index in [1.165, 1.54) is 19.1 Å².